The van der Waals surface area contributed by atoms with Crippen molar-refractivity contribution in [2.45, 2.75) is 19.9 Å². The lowest BCUT2D eigenvalue weighted by Gasteiger charge is -2.30. The number of β-lactam (4-membered cyclic amide) rings is 1. The number of carbonyl (C=O) groups excluding carboxylic acids is 1. The average Bonchev–Trinajstić information content (AvgIpc) is 2.10. The molecule has 0 atom stereocenters. The van der Waals surface area contributed by atoms with Crippen LogP contribution in [0, 0.1) is 6.92 Å². The second-order valence-corrected chi connectivity index (χ2v) is 3.82. The van der Waals surface area contributed by atoms with Crippen molar-refractivity contribution in [1.82, 2.24) is 4.90 Å². The van der Waals surface area contributed by atoms with Gasteiger partial charge in [-0.1, -0.05) is 6.07 Å². The number of aryl methyl sites for hydroxylation is 1. The predicted octanol–water partition coefficient (Wildman–Crippen LogP) is 1.31. The lowest BCUT2D eigenvalue weighted by molar-refractivity contribution is -0.140. The molecular weight excluding hydrogens is 176 g/mol. The molecule has 1 aromatic rings. The zero-order valence-corrected chi connectivity index (χ0v) is 8.29. The molecule has 3 nitrogen and oxygen atoms in total. The molecule has 1 fully saturated rings. The van der Waals surface area contributed by atoms with Crippen molar-refractivity contribution in [3.63, 3.8) is 0 Å². The fraction of sp³-hybridized carbons (Fsp3) is 0.364. The van der Waals surface area contributed by atoms with Crippen molar-refractivity contribution in [3.05, 3.63) is 29.3 Å². The maximum atomic E-state index is 11.1. The third-order valence-electron chi connectivity index (χ3n) is 2.48. The van der Waals surface area contributed by atoms with Gasteiger partial charge in [0, 0.05) is 25.2 Å². The second kappa shape index (κ2) is 3.33. The van der Waals surface area contributed by atoms with Crippen LogP contribution in [-0.4, -0.2) is 17.4 Å². The van der Waals surface area contributed by atoms with Crippen LogP contribution in [0.25, 0.3) is 0 Å². The fourth-order valence-electron chi connectivity index (χ4n) is 1.73. The number of carbonyl (C=O) groups is 1. The minimum absolute atomic E-state index is 0.241. The number of anilines is 1. The van der Waals surface area contributed by atoms with Crippen LogP contribution in [-0.2, 0) is 11.3 Å². The van der Waals surface area contributed by atoms with Gasteiger partial charge in [0.15, 0.2) is 0 Å². The number of amides is 1. The molecule has 14 heavy (non-hydrogen) atoms. The molecule has 0 unspecified atom stereocenters. The van der Waals surface area contributed by atoms with Crippen LogP contribution in [0.5, 0.6) is 0 Å². The standard InChI is InChI=1S/C11H14N2O/c1-8-4-9(6-10(12)5-8)7-13-3-2-11(13)14/h4-6H,2-3,7,12H2,1H3. The van der Waals surface area contributed by atoms with Crippen molar-refractivity contribution < 1.29 is 4.79 Å². The van der Waals surface area contributed by atoms with Gasteiger partial charge in [-0.05, 0) is 30.2 Å². The predicted molar refractivity (Wildman–Crippen MR) is 55.6 cm³/mol. The Morgan fingerprint density at radius 3 is 2.71 bits per heavy atom. The minimum atomic E-state index is 0.241. The number of likely N-dealkylation sites (tertiary alicyclic amines) is 1. The number of hydrogen-bond acceptors (Lipinski definition) is 2. The maximum Gasteiger partial charge on any atom is 0.224 e. The molecule has 0 radical (unpaired) electrons. The summed E-state index contributed by atoms with van der Waals surface area (Å²) < 4.78 is 0. The summed E-state index contributed by atoms with van der Waals surface area (Å²) in [5.74, 6) is 0.241. The van der Waals surface area contributed by atoms with Crippen LogP contribution in [0.2, 0.25) is 0 Å². The van der Waals surface area contributed by atoms with Crippen molar-refractivity contribution in [2.75, 3.05) is 12.3 Å². The number of hydrogen-bond donors (Lipinski definition) is 1. The Hall–Kier alpha value is -1.51. The Kier molecular flexibility index (Phi) is 2.15. The zero-order chi connectivity index (χ0) is 10.1. The first-order chi connectivity index (χ1) is 6.65. The molecule has 1 aromatic carbocycles. The summed E-state index contributed by atoms with van der Waals surface area (Å²) in [6.07, 6.45) is 0.696. The number of nitrogens with zero attached hydrogens (tertiary/aromatic N) is 1. The van der Waals surface area contributed by atoms with Gasteiger partial charge in [-0.15, -0.1) is 0 Å². The lowest BCUT2D eigenvalue weighted by Crippen LogP contribution is -2.42. The van der Waals surface area contributed by atoms with Gasteiger partial charge in [0.25, 0.3) is 0 Å². The highest BCUT2D eigenvalue weighted by molar-refractivity contribution is 5.81. The summed E-state index contributed by atoms with van der Waals surface area (Å²) in [4.78, 5) is 12.9. The van der Waals surface area contributed by atoms with Gasteiger partial charge in [-0.2, -0.15) is 0 Å². The first-order valence-corrected chi connectivity index (χ1v) is 4.79. The summed E-state index contributed by atoms with van der Waals surface area (Å²) in [5, 5.41) is 0. The monoisotopic (exact) mass is 190 g/mol. The van der Waals surface area contributed by atoms with Crippen molar-refractivity contribution >= 4 is 11.6 Å². The molecule has 2 N–H and O–H groups in total. The molecule has 3 heteroatoms. The van der Waals surface area contributed by atoms with Crippen molar-refractivity contribution in [1.29, 1.82) is 0 Å². The van der Waals surface area contributed by atoms with E-state index in [0.717, 1.165) is 23.4 Å². The third-order valence-corrected chi connectivity index (χ3v) is 2.48. The first-order valence-electron chi connectivity index (χ1n) is 4.79. The fourth-order valence-corrected chi connectivity index (χ4v) is 1.73. The first kappa shape index (κ1) is 9.06. The number of benzene rings is 1. The van der Waals surface area contributed by atoms with Crippen LogP contribution in [0.15, 0.2) is 18.2 Å². The van der Waals surface area contributed by atoms with E-state index in [1.807, 2.05) is 24.0 Å². The molecule has 1 amide bonds. The van der Waals surface area contributed by atoms with E-state index < -0.39 is 0 Å². The summed E-state index contributed by atoms with van der Waals surface area (Å²) in [6.45, 7) is 3.59. The third kappa shape index (κ3) is 1.71. The van der Waals surface area contributed by atoms with Crippen molar-refractivity contribution in [2.24, 2.45) is 0 Å². The van der Waals surface area contributed by atoms with Crippen molar-refractivity contribution in [3.8, 4) is 0 Å². The molecule has 0 spiro atoms. The van der Waals surface area contributed by atoms with Gasteiger partial charge >= 0.3 is 0 Å². The molecule has 74 valence electrons. The van der Waals surface area contributed by atoms with E-state index in [4.69, 9.17) is 5.73 Å². The zero-order valence-electron chi connectivity index (χ0n) is 8.29. The highest BCUT2D eigenvalue weighted by atomic mass is 16.2. The topological polar surface area (TPSA) is 46.3 Å². The highest BCUT2D eigenvalue weighted by Crippen LogP contribution is 2.17. The minimum Gasteiger partial charge on any atom is -0.399 e. The van der Waals surface area contributed by atoms with Gasteiger partial charge in [-0.3, -0.25) is 4.79 Å². The van der Waals surface area contributed by atoms with Gasteiger partial charge in [0.1, 0.15) is 0 Å². The van der Waals surface area contributed by atoms with E-state index in [9.17, 15) is 4.79 Å². The SMILES string of the molecule is Cc1cc(N)cc(CN2CCC2=O)c1. The molecule has 1 heterocycles. The van der Waals surface area contributed by atoms with Crippen LogP contribution < -0.4 is 5.73 Å². The Labute approximate surface area is 83.5 Å². The van der Waals surface area contributed by atoms with E-state index in [2.05, 4.69) is 6.07 Å². The quantitative estimate of drug-likeness (QED) is 0.564. The van der Waals surface area contributed by atoms with Gasteiger partial charge in [-0.25, -0.2) is 0 Å². The molecule has 0 aliphatic carbocycles. The molecule has 0 bridgehead atoms. The van der Waals surface area contributed by atoms with Crippen LogP contribution in [0.1, 0.15) is 17.5 Å². The largest absolute Gasteiger partial charge is 0.399 e. The van der Waals surface area contributed by atoms with E-state index >= 15 is 0 Å². The molecule has 1 saturated heterocycles. The summed E-state index contributed by atoms with van der Waals surface area (Å²) >= 11 is 0. The van der Waals surface area contributed by atoms with E-state index in [1.54, 1.807) is 0 Å². The molecular formula is C11H14N2O. The molecule has 0 saturated carbocycles. The molecule has 2 rings (SSSR count). The Balaban J connectivity index is 2.12. The molecule has 0 aromatic heterocycles. The lowest BCUT2D eigenvalue weighted by atomic mass is 10.1. The van der Waals surface area contributed by atoms with Crippen LogP contribution in [0.3, 0.4) is 0 Å². The smallest absolute Gasteiger partial charge is 0.224 e. The molecule has 1 aliphatic rings. The van der Waals surface area contributed by atoms with Crippen LogP contribution in [0.4, 0.5) is 5.69 Å². The highest BCUT2D eigenvalue weighted by Gasteiger charge is 2.23. The normalized spacial score (nSPS) is 15.5. The second-order valence-electron chi connectivity index (χ2n) is 3.82. The summed E-state index contributed by atoms with van der Waals surface area (Å²) in [5.41, 5.74) is 8.76. The number of nitrogen functional groups attached to an aromatic ring is 1. The van der Waals surface area contributed by atoms with E-state index in [0.29, 0.717) is 13.0 Å². The Morgan fingerprint density at radius 2 is 2.21 bits per heavy atom. The number of rotatable bonds is 2. The average molecular weight is 190 g/mol. The summed E-state index contributed by atoms with van der Waals surface area (Å²) in [7, 11) is 0. The van der Waals surface area contributed by atoms with Crippen LogP contribution >= 0.6 is 0 Å². The van der Waals surface area contributed by atoms with E-state index in [1.165, 1.54) is 0 Å². The van der Waals surface area contributed by atoms with Gasteiger partial charge < -0.3 is 10.6 Å². The summed E-state index contributed by atoms with van der Waals surface area (Å²) in [6, 6.07) is 5.93. The Morgan fingerprint density at radius 1 is 1.43 bits per heavy atom. The maximum absolute atomic E-state index is 11.1. The number of nitrogens with two attached hydrogens (primary N) is 1. The van der Waals surface area contributed by atoms with Gasteiger partial charge in [0.05, 0.1) is 0 Å². The van der Waals surface area contributed by atoms with Gasteiger partial charge in [0.2, 0.25) is 5.91 Å². The van der Waals surface area contributed by atoms with E-state index in [-0.39, 0.29) is 5.91 Å². The Bertz CT molecular complexity index is 353. The molecule has 1 aliphatic heterocycles.